The molecule has 0 aliphatic carbocycles. The zero-order chi connectivity index (χ0) is 17.5. The average Bonchev–Trinajstić information content (AvgIpc) is 2.55. The van der Waals surface area contributed by atoms with Gasteiger partial charge in [-0.2, -0.15) is 0 Å². The van der Waals surface area contributed by atoms with Crippen LogP contribution in [0.2, 0.25) is 0 Å². The number of anilines is 1. The van der Waals surface area contributed by atoms with Crippen LogP contribution in [0.25, 0.3) is 0 Å². The Balaban J connectivity index is 1.93. The van der Waals surface area contributed by atoms with E-state index in [9.17, 15) is 0 Å². The third kappa shape index (κ3) is 5.38. The highest BCUT2D eigenvalue weighted by Gasteiger charge is 2.08. The molecule has 0 bridgehead atoms. The van der Waals surface area contributed by atoms with Crippen molar-refractivity contribution in [2.45, 2.75) is 33.4 Å². The molecule has 2 N–H and O–H groups in total. The zero-order valence-electron chi connectivity index (χ0n) is 14.4. The monoisotopic (exact) mass is 345 g/mol. The van der Waals surface area contributed by atoms with Gasteiger partial charge < -0.3 is 20.1 Å². The standard InChI is InChI=1S/C18H23N3O2S/c1-12(2)23-15-7-6-14(9-16(15)22-4)11-20-18(24)21-17-8-5-13(3)10-19-17/h5-10,12H,11H2,1-4H3,(H2,19,20,21,24). The van der Waals surface area contributed by atoms with Gasteiger partial charge in [0.05, 0.1) is 13.2 Å². The third-order valence-electron chi connectivity index (χ3n) is 3.20. The van der Waals surface area contributed by atoms with Crippen LogP contribution in [0.15, 0.2) is 36.5 Å². The Morgan fingerprint density at radius 2 is 2.00 bits per heavy atom. The number of rotatable bonds is 6. The Labute approximate surface area is 148 Å². The largest absolute Gasteiger partial charge is 0.493 e. The Hall–Kier alpha value is -2.34. The molecule has 0 amide bonds. The molecular weight excluding hydrogens is 322 g/mol. The van der Waals surface area contributed by atoms with E-state index in [1.54, 1.807) is 13.3 Å². The number of hydrogen-bond acceptors (Lipinski definition) is 4. The summed E-state index contributed by atoms with van der Waals surface area (Å²) in [5.74, 6) is 2.17. The lowest BCUT2D eigenvalue weighted by molar-refractivity contribution is 0.230. The molecule has 0 saturated carbocycles. The number of aryl methyl sites for hydroxylation is 1. The Bertz CT molecular complexity index is 687. The van der Waals surface area contributed by atoms with Crippen LogP contribution in [0.3, 0.4) is 0 Å². The molecule has 0 aliphatic rings. The fourth-order valence-corrected chi connectivity index (χ4v) is 2.23. The van der Waals surface area contributed by atoms with Gasteiger partial charge in [-0.3, -0.25) is 0 Å². The Morgan fingerprint density at radius 3 is 2.62 bits per heavy atom. The van der Waals surface area contributed by atoms with Crippen molar-refractivity contribution in [1.82, 2.24) is 10.3 Å². The second-order valence-corrected chi connectivity index (χ2v) is 6.09. The molecule has 6 heteroatoms. The maximum atomic E-state index is 5.71. The molecule has 0 saturated heterocycles. The Morgan fingerprint density at radius 1 is 1.21 bits per heavy atom. The zero-order valence-corrected chi connectivity index (χ0v) is 15.2. The van der Waals surface area contributed by atoms with Crippen molar-refractivity contribution in [3.63, 3.8) is 0 Å². The first-order valence-corrected chi connectivity index (χ1v) is 8.20. The van der Waals surface area contributed by atoms with Crippen molar-refractivity contribution >= 4 is 23.1 Å². The first kappa shape index (κ1) is 18.0. The van der Waals surface area contributed by atoms with Gasteiger partial charge in [-0.05, 0) is 62.3 Å². The lowest BCUT2D eigenvalue weighted by Crippen LogP contribution is -2.28. The molecule has 2 rings (SSSR count). The van der Waals surface area contributed by atoms with E-state index in [-0.39, 0.29) is 6.10 Å². The van der Waals surface area contributed by atoms with Crippen LogP contribution in [0.5, 0.6) is 11.5 Å². The normalized spacial score (nSPS) is 10.4. The summed E-state index contributed by atoms with van der Waals surface area (Å²) >= 11 is 5.29. The Kier molecular flexibility index (Phi) is 6.37. The van der Waals surface area contributed by atoms with E-state index in [2.05, 4.69) is 15.6 Å². The number of hydrogen-bond donors (Lipinski definition) is 2. The fraction of sp³-hybridized carbons (Fsp3) is 0.333. The highest BCUT2D eigenvalue weighted by molar-refractivity contribution is 7.80. The van der Waals surface area contributed by atoms with Gasteiger partial charge in [-0.15, -0.1) is 0 Å². The lowest BCUT2D eigenvalue weighted by Gasteiger charge is -2.15. The number of thiocarbonyl (C=S) groups is 1. The maximum Gasteiger partial charge on any atom is 0.172 e. The van der Waals surface area contributed by atoms with Gasteiger partial charge in [0.1, 0.15) is 5.82 Å². The lowest BCUT2D eigenvalue weighted by atomic mass is 10.2. The van der Waals surface area contributed by atoms with Crippen molar-refractivity contribution in [2.24, 2.45) is 0 Å². The molecule has 0 atom stereocenters. The molecule has 5 nitrogen and oxygen atoms in total. The van der Waals surface area contributed by atoms with Crippen LogP contribution >= 0.6 is 12.2 Å². The summed E-state index contributed by atoms with van der Waals surface area (Å²) in [6.45, 7) is 6.54. The molecule has 1 heterocycles. The van der Waals surface area contributed by atoms with Crippen LogP contribution in [-0.4, -0.2) is 23.3 Å². The average molecular weight is 345 g/mol. The van der Waals surface area contributed by atoms with E-state index < -0.39 is 0 Å². The van der Waals surface area contributed by atoms with Crippen molar-refractivity contribution in [1.29, 1.82) is 0 Å². The summed E-state index contributed by atoms with van der Waals surface area (Å²) in [6.07, 6.45) is 1.89. The van der Waals surface area contributed by atoms with Crippen LogP contribution in [0.4, 0.5) is 5.82 Å². The first-order valence-electron chi connectivity index (χ1n) is 7.79. The molecule has 0 spiro atoms. The van der Waals surface area contributed by atoms with E-state index in [4.69, 9.17) is 21.7 Å². The summed E-state index contributed by atoms with van der Waals surface area (Å²) in [6, 6.07) is 9.71. The fourth-order valence-electron chi connectivity index (χ4n) is 2.06. The minimum Gasteiger partial charge on any atom is -0.493 e. The smallest absolute Gasteiger partial charge is 0.172 e. The number of nitrogens with one attached hydrogen (secondary N) is 2. The predicted molar refractivity (Wildman–Crippen MR) is 101 cm³/mol. The van der Waals surface area contributed by atoms with Crippen LogP contribution < -0.4 is 20.1 Å². The molecule has 24 heavy (non-hydrogen) atoms. The van der Waals surface area contributed by atoms with Gasteiger partial charge in [0.25, 0.3) is 0 Å². The minimum atomic E-state index is 0.0988. The number of nitrogens with zero attached hydrogens (tertiary/aromatic N) is 1. The van der Waals surface area contributed by atoms with Gasteiger partial charge in [-0.25, -0.2) is 4.98 Å². The van der Waals surface area contributed by atoms with Crippen molar-refractivity contribution in [3.8, 4) is 11.5 Å². The second kappa shape index (κ2) is 8.49. The number of benzene rings is 1. The van der Waals surface area contributed by atoms with Gasteiger partial charge in [0.2, 0.25) is 0 Å². The van der Waals surface area contributed by atoms with Crippen LogP contribution in [0.1, 0.15) is 25.0 Å². The first-order chi connectivity index (χ1) is 11.5. The maximum absolute atomic E-state index is 5.71. The highest BCUT2D eigenvalue weighted by Crippen LogP contribution is 2.28. The van der Waals surface area contributed by atoms with E-state index in [0.717, 1.165) is 22.7 Å². The van der Waals surface area contributed by atoms with Crippen LogP contribution in [0, 0.1) is 6.92 Å². The van der Waals surface area contributed by atoms with E-state index >= 15 is 0 Å². The predicted octanol–water partition coefficient (Wildman–Crippen LogP) is 3.67. The molecule has 0 unspecified atom stereocenters. The van der Waals surface area contributed by atoms with Crippen molar-refractivity contribution in [3.05, 3.63) is 47.7 Å². The quantitative estimate of drug-likeness (QED) is 0.779. The molecule has 0 radical (unpaired) electrons. The molecule has 128 valence electrons. The molecule has 0 fully saturated rings. The third-order valence-corrected chi connectivity index (χ3v) is 3.44. The van der Waals surface area contributed by atoms with Gasteiger partial charge in [0.15, 0.2) is 16.6 Å². The number of methoxy groups -OCH3 is 1. The van der Waals surface area contributed by atoms with Gasteiger partial charge >= 0.3 is 0 Å². The molecular formula is C18H23N3O2S. The van der Waals surface area contributed by atoms with Crippen LogP contribution in [-0.2, 0) is 6.54 Å². The SMILES string of the molecule is COc1cc(CNC(=S)Nc2ccc(C)cn2)ccc1OC(C)C. The highest BCUT2D eigenvalue weighted by atomic mass is 32.1. The minimum absolute atomic E-state index is 0.0988. The summed E-state index contributed by atoms with van der Waals surface area (Å²) in [4.78, 5) is 4.26. The number of ether oxygens (including phenoxy) is 2. The van der Waals surface area contributed by atoms with Gasteiger partial charge in [0, 0.05) is 12.7 Å². The summed E-state index contributed by atoms with van der Waals surface area (Å²) in [5.41, 5.74) is 2.15. The van der Waals surface area contributed by atoms with Crippen molar-refractivity contribution < 1.29 is 9.47 Å². The topological polar surface area (TPSA) is 55.4 Å². The molecule has 0 aliphatic heterocycles. The number of pyridine rings is 1. The molecule has 1 aromatic heterocycles. The van der Waals surface area contributed by atoms with E-state index in [1.807, 2.05) is 51.1 Å². The van der Waals surface area contributed by atoms with E-state index in [0.29, 0.717) is 17.4 Å². The summed E-state index contributed by atoms with van der Waals surface area (Å²) in [5, 5.41) is 6.74. The van der Waals surface area contributed by atoms with E-state index in [1.165, 1.54) is 0 Å². The summed E-state index contributed by atoms with van der Waals surface area (Å²) < 4.78 is 11.1. The number of aromatic nitrogens is 1. The second-order valence-electron chi connectivity index (χ2n) is 5.68. The summed E-state index contributed by atoms with van der Waals surface area (Å²) in [7, 11) is 1.63. The molecule has 2 aromatic rings. The molecule has 1 aromatic carbocycles. The van der Waals surface area contributed by atoms with Gasteiger partial charge in [-0.1, -0.05) is 12.1 Å². The van der Waals surface area contributed by atoms with Crippen molar-refractivity contribution in [2.75, 3.05) is 12.4 Å².